The van der Waals surface area contributed by atoms with Crippen LogP contribution in [0.4, 0.5) is 0 Å². The topological polar surface area (TPSA) is 49.4 Å². The summed E-state index contributed by atoms with van der Waals surface area (Å²) in [5.74, 6) is 0.655. The molecule has 2 atom stereocenters. The third-order valence-corrected chi connectivity index (χ3v) is 6.35. The molecule has 2 fully saturated rings. The van der Waals surface area contributed by atoms with E-state index < -0.39 is 0 Å². The molecule has 1 saturated heterocycles. The molecule has 0 bridgehead atoms. The standard InChI is InChI=1S/C20H28N2O2S/c1-5-17-22(16(12-25-17)18(23)21-15-10-11-15)19(24)13-6-8-14(9-7-13)20(2,3)4/h6-9,15-17H,5,10-12H2,1-4H3,(H,21,23). The third-order valence-electron chi connectivity index (χ3n) is 4.90. The Kier molecular flexibility index (Phi) is 5.14. The molecule has 0 aromatic heterocycles. The molecule has 25 heavy (non-hydrogen) atoms. The monoisotopic (exact) mass is 360 g/mol. The Morgan fingerprint density at radius 3 is 2.36 bits per heavy atom. The van der Waals surface area contributed by atoms with Gasteiger partial charge in [0.2, 0.25) is 5.91 Å². The molecule has 5 heteroatoms. The summed E-state index contributed by atoms with van der Waals surface area (Å²) < 4.78 is 0. The number of benzene rings is 1. The van der Waals surface area contributed by atoms with Gasteiger partial charge in [-0.3, -0.25) is 9.59 Å². The minimum absolute atomic E-state index is 0.00520. The molecule has 136 valence electrons. The van der Waals surface area contributed by atoms with Crippen molar-refractivity contribution in [2.45, 2.75) is 69.8 Å². The van der Waals surface area contributed by atoms with E-state index >= 15 is 0 Å². The van der Waals surface area contributed by atoms with Crippen LogP contribution in [0.3, 0.4) is 0 Å². The minimum atomic E-state index is -0.356. The van der Waals surface area contributed by atoms with Crippen molar-refractivity contribution in [1.29, 1.82) is 0 Å². The van der Waals surface area contributed by atoms with Gasteiger partial charge >= 0.3 is 0 Å². The fraction of sp³-hybridized carbons (Fsp3) is 0.600. The Balaban J connectivity index is 1.80. The first-order valence-corrected chi connectivity index (χ1v) is 10.2. The fourth-order valence-corrected chi connectivity index (χ4v) is 4.49. The average Bonchev–Trinajstić information content (AvgIpc) is 3.28. The molecular formula is C20H28N2O2S. The Morgan fingerprint density at radius 2 is 1.84 bits per heavy atom. The summed E-state index contributed by atoms with van der Waals surface area (Å²) in [5.41, 5.74) is 1.93. The van der Waals surface area contributed by atoms with Crippen LogP contribution in [0, 0.1) is 0 Å². The van der Waals surface area contributed by atoms with Gasteiger partial charge in [-0.2, -0.15) is 0 Å². The van der Waals surface area contributed by atoms with Gasteiger partial charge in [0.15, 0.2) is 0 Å². The lowest BCUT2D eigenvalue weighted by molar-refractivity contribution is -0.125. The van der Waals surface area contributed by atoms with E-state index in [0.717, 1.165) is 19.3 Å². The number of carbonyl (C=O) groups is 2. The third kappa shape index (κ3) is 4.02. The molecule has 1 heterocycles. The number of thioether (sulfide) groups is 1. The van der Waals surface area contributed by atoms with Gasteiger partial charge in [-0.1, -0.05) is 39.8 Å². The highest BCUT2D eigenvalue weighted by Gasteiger charge is 2.42. The summed E-state index contributed by atoms with van der Waals surface area (Å²) in [5, 5.41) is 3.13. The molecule has 2 aliphatic rings. The smallest absolute Gasteiger partial charge is 0.255 e. The Labute approximate surface area is 154 Å². The van der Waals surface area contributed by atoms with Crippen LogP contribution in [0.25, 0.3) is 0 Å². The van der Waals surface area contributed by atoms with E-state index in [0.29, 0.717) is 17.4 Å². The van der Waals surface area contributed by atoms with Crippen molar-refractivity contribution in [2.24, 2.45) is 0 Å². The molecule has 2 unspecified atom stereocenters. The predicted molar refractivity (Wildman–Crippen MR) is 103 cm³/mol. The Morgan fingerprint density at radius 1 is 1.20 bits per heavy atom. The molecule has 1 N–H and O–H groups in total. The van der Waals surface area contributed by atoms with E-state index in [2.05, 4.69) is 33.0 Å². The molecule has 0 radical (unpaired) electrons. The second kappa shape index (κ2) is 7.02. The number of rotatable bonds is 4. The number of nitrogens with one attached hydrogen (secondary N) is 1. The van der Waals surface area contributed by atoms with Crippen LogP contribution in [0.2, 0.25) is 0 Å². The molecular weight excluding hydrogens is 332 g/mol. The lowest BCUT2D eigenvalue weighted by Gasteiger charge is -2.28. The molecule has 3 rings (SSSR count). The molecule has 1 aromatic rings. The quantitative estimate of drug-likeness (QED) is 0.893. The highest BCUT2D eigenvalue weighted by Crippen LogP contribution is 2.33. The van der Waals surface area contributed by atoms with E-state index in [9.17, 15) is 9.59 Å². The van der Waals surface area contributed by atoms with Crippen LogP contribution in [-0.4, -0.2) is 39.9 Å². The Bertz CT molecular complexity index is 647. The normalized spacial score (nSPS) is 23.6. The van der Waals surface area contributed by atoms with Crippen LogP contribution in [0.5, 0.6) is 0 Å². The maximum absolute atomic E-state index is 13.1. The number of amides is 2. The zero-order valence-electron chi connectivity index (χ0n) is 15.5. The highest BCUT2D eigenvalue weighted by atomic mass is 32.2. The van der Waals surface area contributed by atoms with E-state index in [1.54, 1.807) is 16.7 Å². The fourth-order valence-electron chi connectivity index (χ4n) is 3.14. The summed E-state index contributed by atoms with van der Waals surface area (Å²) in [6.07, 6.45) is 2.97. The maximum Gasteiger partial charge on any atom is 0.255 e. The summed E-state index contributed by atoms with van der Waals surface area (Å²) >= 11 is 1.71. The lowest BCUT2D eigenvalue weighted by atomic mass is 9.86. The first kappa shape index (κ1) is 18.3. The predicted octanol–water partition coefficient (Wildman–Crippen LogP) is 3.56. The molecule has 1 saturated carbocycles. The lowest BCUT2D eigenvalue weighted by Crippen LogP contribution is -2.50. The van der Waals surface area contributed by atoms with E-state index in [1.807, 2.05) is 24.3 Å². The summed E-state index contributed by atoms with van der Waals surface area (Å²) in [4.78, 5) is 27.5. The maximum atomic E-state index is 13.1. The second-order valence-corrected chi connectivity index (χ2v) is 9.25. The van der Waals surface area contributed by atoms with Gasteiger partial charge in [-0.05, 0) is 42.4 Å². The number of hydrogen-bond donors (Lipinski definition) is 1. The van der Waals surface area contributed by atoms with Crippen LogP contribution >= 0.6 is 11.8 Å². The van der Waals surface area contributed by atoms with Gasteiger partial charge in [-0.25, -0.2) is 0 Å². The Hall–Kier alpha value is -1.49. The largest absolute Gasteiger partial charge is 0.352 e. The van der Waals surface area contributed by atoms with Crippen molar-refractivity contribution in [3.8, 4) is 0 Å². The number of hydrogen-bond acceptors (Lipinski definition) is 3. The number of nitrogens with zero attached hydrogens (tertiary/aromatic N) is 1. The molecule has 1 aliphatic heterocycles. The van der Waals surface area contributed by atoms with Crippen LogP contribution < -0.4 is 5.32 Å². The second-order valence-electron chi connectivity index (χ2n) is 8.03. The molecule has 4 nitrogen and oxygen atoms in total. The SMILES string of the molecule is CCC1SCC(C(=O)NC2CC2)N1C(=O)c1ccc(C(C)(C)C)cc1. The van der Waals surface area contributed by atoms with Crippen molar-refractivity contribution in [3.63, 3.8) is 0 Å². The van der Waals surface area contributed by atoms with Crippen molar-refractivity contribution < 1.29 is 9.59 Å². The molecule has 1 aliphatic carbocycles. The van der Waals surface area contributed by atoms with Gasteiger partial charge < -0.3 is 10.2 Å². The zero-order valence-corrected chi connectivity index (χ0v) is 16.4. The first-order chi connectivity index (χ1) is 11.8. The molecule has 2 amide bonds. The van der Waals surface area contributed by atoms with Crippen molar-refractivity contribution in [1.82, 2.24) is 10.2 Å². The van der Waals surface area contributed by atoms with Crippen LogP contribution in [-0.2, 0) is 10.2 Å². The van der Waals surface area contributed by atoms with Gasteiger partial charge in [0.25, 0.3) is 5.91 Å². The zero-order chi connectivity index (χ0) is 18.2. The average molecular weight is 361 g/mol. The summed E-state index contributed by atoms with van der Waals surface area (Å²) in [6, 6.07) is 7.81. The van der Waals surface area contributed by atoms with Gasteiger partial charge in [-0.15, -0.1) is 11.8 Å². The highest BCUT2D eigenvalue weighted by molar-refractivity contribution is 8.00. The molecule has 0 spiro atoms. The van der Waals surface area contributed by atoms with Crippen LogP contribution in [0.1, 0.15) is 62.9 Å². The summed E-state index contributed by atoms with van der Waals surface area (Å²) in [7, 11) is 0. The minimum Gasteiger partial charge on any atom is -0.352 e. The van der Waals surface area contributed by atoms with Crippen molar-refractivity contribution >= 4 is 23.6 Å². The molecule has 1 aromatic carbocycles. The first-order valence-electron chi connectivity index (χ1n) is 9.16. The van der Waals surface area contributed by atoms with Crippen LogP contribution in [0.15, 0.2) is 24.3 Å². The van der Waals surface area contributed by atoms with Gasteiger partial charge in [0, 0.05) is 17.4 Å². The van der Waals surface area contributed by atoms with Crippen molar-refractivity contribution in [3.05, 3.63) is 35.4 Å². The van der Waals surface area contributed by atoms with E-state index in [4.69, 9.17) is 0 Å². The van der Waals surface area contributed by atoms with E-state index in [1.165, 1.54) is 5.56 Å². The van der Waals surface area contributed by atoms with Gasteiger partial charge in [0.05, 0.1) is 5.37 Å². The van der Waals surface area contributed by atoms with Crippen molar-refractivity contribution in [2.75, 3.05) is 5.75 Å². The van der Waals surface area contributed by atoms with Gasteiger partial charge in [0.1, 0.15) is 6.04 Å². The van der Waals surface area contributed by atoms with E-state index in [-0.39, 0.29) is 28.6 Å². The number of carbonyl (C=O) groups excluding carboxylic acids is 2. The summed E-state index contributed by atoms with van der Waals surface area (Å²) in [6.45, 7) is 8.55.